The molecule has 1 aliphatic rings. The number of carbonyl (C=O) groups is 3. The molecule has 1 N–H and O–H groups in total. The van der Waals surface area contributed by atoms with Crippen molar-refractivity contribution in [2.24, 2.45) is 0 Å². The molecule has 0 aliphatic carbocycles. The molecule has 0 unspecified atom stereocenters. The number of carbonyl (C=O) groups excluding carboxylic acids is 3. The van der Waals surface area contributed by atoms with Gasteiger partial charge in [-0.15, -0.1) is 0 Å². The molecule has 0 bridgehead atoms. The monoisotopic (exact) mass is 366 g/mol. The number of hydrogen-bond acceptors (Lipinski definition) is 5. The Morgan fingerprint density at radius 3 is 2.19 bits per heavy atom. The van der Waals surface area contributed by atoms with Crippen molar-refractivity contribution in [2.45, 2.75) is 20.3 Å². The number of hydrogen-bond donors (Lipinski definition) is 1. The van der Waals surface area contributed by atoms with Crippen LogP contribution < -0.4 is 10.2 Å². The number of imide groups is 1. The number of fused-ring (bicyclic) bond motifs is 1. The first-order valence-electron chi connectivity index (χ1n) is 9.01. The number of nitrogens with zero attached hydrogens (tertiary/aromatic N) is 3. The molecule has 0 saturated carbocycles. The molecule has 2 aromatic rings. The van der Waals surface area contributed by atoms with E-state index in [2.05, 4.69) is 29.0 Å². The highest BCUT2D eigenvalue weighted by Gasteiger charge is 2.34. The summed E-state index contributed by atoms with van der Waals surface area (Å²) in [6, 6.07) is 10.3. The molecule has 3 amide bonds. The van der Waals surface area contributed by atoms with Gasteiger partial charge in [-0.1, -0.05) is 12.1 Å². The van der Waals surface area contributed by atoms with Gasteiger partial charge in [0.2, 0.25) is 5.91 Å². The van der Waals surface area contributed by atoms with Crippen molar-refractivity contribution < 1.29 is 14.4 Å². The first kappa shape index (κ1) is 18.6. The van der Waals surface area contributed by atoms with Crippen LogP contribution in [0.2, 0.25) is 0 Å². The molecule has 0 saturated heterocycles. The predicted octanol–water partition coefficient (Wildman–Crippen LogP) is 2.55. The van der Waals surface area contributed by atoms with Gasteiger partial charge >= 0.3 is 0 Å². The third-order valence-electron chi connectivity index (χ3n) is 4.56. The highest BCUT2D eigenvalue weighted by Crippen LogP contribution is 2.22. The number of pyridine rings is 1. The van der Waals surface area contributed by atoms with Crippen molar-refractivity contribution in [1.82, 2.24) is 9.88 Å². The van der Waals surface area contributed by atoms with Gasteiger partial charge in [0.1, 0.15) is 5.82 Å². The smallest absolute Gasteiger partial charge is 0.261 e. The molecule has 3 rings (SSSR count). The molecule has 0 fully saturated rings. The Balaban J connectivity index is 1.56. The maximum Gasteiger partial charge on any atom is 0.261 e. The third kappa shape index (κ3) is 3.81. The maximum absolute atomic E-state index is 12.3. The summed E-state index contributed by atoms with van der Waals surface area (Å²) in [5.41, 5.74) is 1.36. The standard InChI is InChI=1S/C20H22N4O3/c1-3-23(4-2)17-10-9-14(13-21-17)22-18(25)11-12-24-19(26)15-7-5-6-8-16(15)20(24)27/h5-10,13H,3-4,11-12H2,1-2H3,(H,22,25). The molecule has 140 valence electrons. The number of benzene rings is 1. The van der Waals surface area contributed by atoms with Gasteiger partial charge in [-0.3, -0.25) is 19.3 Å². The second-order valence-corrected chi connectivity index (χ2v) is 6.18. The van der Waals surface area contributed by atoms with Gasteiger partial charge < -0.3 is 10.2 Å². The van der Waals surface area contributed by atoms with Crippen LogP contribution in [0.25, 0.3) is 0 Å². The highest BCUT2D eigenvalue weighted by atomic mass is 16.2. The lowest BCUT2D eigenvalue weighted by Crippen LogP contribution is -2.32. The SMILES string of the molecule is CCN(CC)c1ccc(NC(=O)CCN2C(=O)c3ccccc3C2=O)cn1. The predicted molar refractivity (Wildman–Crippen MR) is 103 cm³/mol. The quantitative estimate of drug-likeness (QED) is 0.762. The van der Waals surface area contributed by atoms with Crippen LogP contribution >= 0.6 is 0 Å². The van der Waals surface area contributed by atoms with Gasteiger partial charge in [-0.2, -0.15) is 0 Å². The fourth-order valence-electron chi connectivity index (χ4n) is 3.07. The average Bonchev–Trinajstić information content (AvgIpc) is 2.93. The molecule has 7 nitrogen and oxygen atoms in total. The first-order valence-corrected chi connectivity index (χ1v) is 9.01. The first-order chi connectivity index (χ1) is 13.0. The fraction of sp³-hybridized carbons (Fsp3) is 0.300. The number of nitrogens with one attached hydrogen (secondary N) is 1. The Morgan fingerprint density at radius 2 is 1.67 bits per heavy atom. The van der Waals surface area contributed by atoms with Gasteiger partial charge in [0.15, 0.2) is 0 Å². The van der Waals surface area contributed by atoms with Gasteiger partial charge in [0.05, 0.1) is 23.0 Å². The van der Waals surface area contributed by atoms with Crippen LogP contribution in [0.3, 0.4) is 0 Å². The Morgan fingerprint density at radius 1 is 1.04 bits per heavy atom. The second kappa shape index (κ2) is 7.99. The molecule has 1 aliphatic heterocycles. The summed E-state index contributed by atoms with van der Waals surface area (Å²) in [5.74, 6) is -0.129. The molecular formula is C20H22N4O3. The summed E-state index contributed by atoms with van der Waals surface area (Å²) in [7, 11) is 0. The largest absolute Gasteiger partial charge is 0.357 e. The summed E-state index contributed by atoms with van der Waals surface area (Å²) in [6.45, 7) is 5.87. The second-order valence-electron chi connectivity index (χ2n) is 6.18. The van der Waals surface area contributed by atoms with Crippen molar-refractivity contribution in [3.05, 3.63) is 53.7 Å². The molecule has 7 heteroatoms. The Hall–Kier alpha value is -3.22. The summed E-state index contributed by atoms with van der Waals surface area (Å²) in [6.07, 6.45) is 1.64. The van der Waals surface area contributed by atoms with E-state index in [9.17, 15) is 14.4 Å². The minimum Gasteiger partial charge on any atom is -0.357 e. The molecule has 2 heterocycles. The lowest BCUT2D eigenvalue weighted by atomic mass is 10.1. The zero-order chi connectivity index (χ0) is 19.4. The van der Waals surface area contributed by atoms with Crippen LogP contribution in [-0.4, -0.2) is 47.2 Å². The fourth-order valence-corrected chi connectivity index (χ4v) is 3.07. The van der Waals surface area contributed by atoms with E-state index in [1.54, 1.807) is 36.5 Å². The normalized spacial score (nSPS) is 12.9. The Labute approximate surface area is 158 Å². The van der Waals surface area contributed by atoms with Crippen molar-refractivity contribution in [1.29, 1.82) is 0 Å². The van der Waals surface area contributed by atoms with Crippen molar-refractivity contribution in [3.8, 4) is 0 Å². The van der Waals surface area contributed by atoms with E-state index in [-0.39, 0.29) is 30.7 Å². The van der Waals surface area contributed by atoms with Crippen LogP contribution in [0.4, 0.5) is 11.5 Å². The Kier molecular flexibility index (Phi) is 5.49. The van der Waals surface area contributed by atoms with Crippen molar-refractivity contribution in [2.75, 3.05) is 29.9 Å². The van der Waals surface area contributed by atoms with Gasteiger partial charge in [-0.05, 0) is 38.1 Å². The van der Waals surface area contributed by atoms with E-state index < -0.39 is 0 Å². The van der Waals surface area contributed by atoms with E-state index in [1.165, 1.54) is 0 Å². The summed E-state index contributed by atoms with van der Waals surface area (Å²) < 4.78 is 0. The maximum atomic E-state index is 12.3. The van der Waals surface area contributed by atoms with Gasteiger partial charge in [0, 0.05) is 26.1 Å². The Bertz CT molecular complexity index is 825. The third-order valence-corrected chi connectivity index (χ3v) is 4.56. The van der Waals surface area contributed by atoms with E-state index in [0.717, 1.165) is 23.8 Å². The topological polar surface area (TPSA) is 82.6 Å². The number of aromatic nitrogens is 1. The highest BCUT2D eigenvalue weighted by molar-refractivity contribution is 6.21. The van der Waals surface area contributed by atoms with Crippen LogP contribution in [-0.2, 0) is 4.79 Å². The zero-order valence-corrected chi connectivity index (χ0v) is 15.4. The lowest BCUT2D eigenvalue weighted by Gasteiger charge is -2.19. The van der Waals surface area contributed by atoms with Crippen molar-refractivity contribution >= 4 is 29.2 Å². The minimum absolute atomic E-state index is 0.0310. The van der Waals surface area contributed by atoms with E-state index in [1.807, 2.05) is 6.07 Å². The van der Waals surface area contributed by atoms with Crippen LogP contribution in [0.1, 0.15) is 41.0 Å². The van der Waals surface area contributed by atoms with E-state index >= 15 is 0 Å². The zero-order valence-electron chi connectivity index (χ0n) is 15.4. The molecule has 0 spiro atoms. The van der Waals surface area contributed by atoms with E-state index in [0.29, 0.717) is 16.8 Å². The summed E-state index contributed by atoms with van der Waals surface area (Å²) in [4.78, 5) is 44.4. The molecule has 0 radical (unpaired) electrons. The minimum atomic E-state index is -0.353. The molecule has 1 aromatic carbocycles. The number of rotatable bonds is 7. The lowest BCUT2D eigenvalue weighted by molar-refractivity contribution is -0.116. The van der Waals surface area contributed by atoms with Gasteiger partial charge in [0.25, 0.3) is 11.8 Å². The summed E-state index contributed by atoms with van der Waals surface area (Å²) >= 11 is 0. The molecule has 0 atom stereocenters. The van der Waals surface area contributed by atoms with Crippen LogP contribution in [0.15, 0.2) is 42.6 Å². The number of anilines is 2. The summed E-state index contributed by atoms with van der Waals surface area (Å²) in [5, 5.41) is 2.75. The van der Waals surface area contributed by atoms with Crippen molar-refractivity contribution in [3.63, 3.8) is 0 Å². The van der Waals surface area contributed by atoms with Crippen LogP contribution in [0.5, 0.6) is 0 Å². The average molecular weight is 366 g/mol. The molecular weight excluding hydrogens is 344 g/mol. The van der Waals surface area contributed by atoms with E-state index in [4.69, 9.17) is 0 Å². The molecule has 1 aromatic heterocycles. The van der Waals surface area contributed by atoms with Gasteiger partial charge in [-0.25, -0.2) is 4.98 Å². The van der Waals surface area contributed by atoms with Crippen LogP contribution in [0, 0.1) is 0 Å². The molecule has 27 heavy (non-hydrogen) atoms. The number of amides is 3.